The van der Waals surface area contributed by atoms with Crippen LogP contribution < -0.4 is 5.73 Å². The van der Waals surface area contributed by atoms with Crippen molar-refractivity contribution >= 4 is 34.3 Å². The van der Waals surface area contributed by atoms with Gasteiger partial charge in [-0.3, -0.25) is 4.68 Å². The van der Waals surface area contributed by atoms with Crippen LogP contribution in [-0.2, 0) is 6.54 Å². The van der Waals surface area contributed by atoms with Crippen molar-refractivity contribution in [1.82, 2.24) is 14.3 Å². The van der Waals surface area contributed by atoms with Gasteiger partial charge >= 0.3 is 0 Å². The number of hydrogen-bond donors (Lipinski definition) is 1. The van der Waals surface area contributed by atoms with Gasteiger partial charge in [-0.1, -0.05) is 35.5 Å². The molecule has 1 aliphatic carbocycles. The van der Waals surface area contributed by atoms with Crippen LogP contribution in [0, 0.1) is 18.6 Å². The van der Waals surface area contributed by atoms with Gasteiger partial charge in [-0.2, -0.15) is 5.10 Å². The zero-order chi connectivity index (χ0) is 21.7. The standard InChI is InChI=1S/C23H21ClF2N4S/c1-13-3-2-4-18(19(13)25)31-23-16-7-8-17(24)20(26)22(16)30(21(23)14-5-6-14)15-11-28-29(12-15)10-9-27/h2-4,7-8,11-12,14H,5-6,9-10,27H2,1H3. The van der Waals surface area contributed by atoms with E-state index in [4.69, 9.17) is 17.3 Å². The lowest BCUT2D eigenvalue weighted by Gasteiger charge is -2.11. The van der Waals surface area contributed by atoms with Crippen molar-refractivity contribution in [2.45, 2.75) is 42.0 Å². The van der Waals surface area contributed by atoms with Crippen molar-refractivity contribution in [1.29, 1.82) is 0 Å². The zero-order valence-electron chi connectivity index (χ0n) is 16.9. The maximum Gasteiger partial charge on any atom is 0.166 e. The van der Waals surface area contributed by atoms with E-state index in [1.807, 2.05) is 22.9 Å². The number of nitrogens with zero attached hydrogens (tertiary/aromatic N) is 3. The van der Waals surface area contributed by atoms with E-state index in [-0.39, 0.29) is 16.8 Å². The maximum atomic E-state index is 15.4. The molecule has 1 saturated carbocycles. The molecule has 0 saturated heterocycles. The summed E-state index contributed by atoms with van der Waals surface area (Å²) in [7, 11) is 0. The molecular weight excluding hydrogens is 438 g/mol. The van der Waals surface area contributed by atoms with Gasteiger partial charge in [0.1, 0.15) is 5.82 Å². The van der Waals surface area contributed by atoms with Crippen molar-refractivity contribution in [3.05, 3.63) is 70.6 Å². The quantitative estimate of drug-likeness (QED) is 0.382. The minimum Gasteiger partial charge on any atom is -0.329 e. The van der Waals surface area contributed by atoms with E-state index in [0.717, 1.165) is 34.5 Å². The molecule has 160 valence electrons. The summed E-state index contributed by atoms with van der Waals surface area (Å²) in [6.45, 7) is 2.77. The van der Waals surface area contributed by atoms with Crippen molar-refractivity contribution in [2.24, 2.45) is 5.73 Å². The fraction of sp³-hybridized carbons (Fsp3) is 0.261. The molecule has 2 heterocycles. The highest BCUT2D eigenvalue weighted by atomic mass is 35.5. The summed E-state index contributed by atoms with van der Waals surface area (Å²) in [5.41, 5.74) is 8.38. The Morgan fingerprint density at radius 1 is 1.19 bits per heavy atom. The predicted molar refractivity (Wildman–Crippen MR) is 120 cm³/mol. The highest BCUT2D eigenvalue weighted by Crippen LogP contribution is 2.51. The van der Waals surface area contributed by atoms with Crippen LogP contribution in [0.2, 0.25) is 5.02 Å². The second kappa shape index (κ2) is 7.97. The number of nitrogens with two attached hydrogens (primary N) is 1. The molecule has 0 spiro atoms. The number of aryl methyl sites for hydroxylation is 1. The first kappa shape index (κ1) is 20.5. The van der Waals surface area contributed by atoms with Crippen molar-refractivity contribution < 1.29 is 8.78 Å². The average molecular weight is 459 g/mol. The number of halogens is 3. The summed E-state index contributed by atoms with van der Waals surface area (Å²) in [6, 6.07) is 8.73. The summed E-state index contributed by atoms with van der Waals surface area (Å²) in [5, 5.41) is 5.15. The van der Waals surface area contributed by atoms with Gasteiger partial charge in [-0.05, 0) is 43.5 Å². The molecular formula is C23H21ClF2N4S. The first-order valence-electron chi connectivity index (χ1n) is 10.2. The van der Waals surface area contributed by atoms with Gasteiger partial charge in [0, 0.05) is 39.5 Å². The van der Waals surface area contributed by atoms with Gasteiger partial charge in [0.15, 0.2) is 5.82 Å². The summed E-state index contributed by atoms with van der Waals surface area (Å²) in [6.07, 6.45) is 5.59. The third kappa shape index (κ3) is 3.54. The van der Waals surface area contributed by atoms with E-state index in [2.05, 4.69) is 5.10 Å². The molecule has 31 heavy (non-hydrogen) atoms. The molecule has 1 fully saturated rings. The van der Waals surface area contributed by atoms with Crippen LogP contribution in [-0.4, -0.2) is 20.9 Å². The molecule has 2 N–H and O–H groups in total. The van der Waals surface area contributed by atoms with Gasteiger partial charge in [-0.15, -0.1) is 0 Å². The fourth-order valence-electron chi connectivity index (χ4n) is 3.93. The summed E-state index contributed by atoms with van der Waals surface area (Å²) in [4.78, 5) is 1.39. The van der Waals surface area contributed by atoms with Crippen LogP contribution in [0.5, 0.6) is 0 Å². The molecule has 0 atom stereocenters. The highest BCUT2D eigenvalue weighted by molar-refractivity contribution is 7.99. The molecule has 5 rings (SSSR count). The minimum atomic E-state index is -0.482. The third-order valence-corrected chi connectivity index (χ3v) is 7.04. The third-order valence-electron chi connectivity index (χ3n) is 5.58. The van der Waals surface area contributed by atoms with E-state index < -0.39 is 5.82 Å². The average Bonchev–Trinajstić information content (AvgIpc) is 3.40. The Kier molecular flexibility index (Phi) is 5.28. The van der Waals surface area contributed by atoms with Gasteiger partial charge in [-0.25, -0.2) is 8.78 Å². The normalized spacial score (nSPS) is 14.0. The Morgan fingerprint density at radius 2 is 2.00 bits per heavy atom. The van der Waals surface area contributed by atoms with Crippen LogP contribution in [0.25, 0.3) is 16.6 Å². The van der Waals surface area contributed by atoms with Gasteiger partial charge in [0.25, 0.3) is 0 Å². The van der Waals surface area contributed by atoms with Crippen LogP contribution in [0.3, 0.4) is 0 Å². The molecule has 2 aromatic carbocycles. The van der Waals surface area contributed by atoms with Gasteiger partial charge in [0.05, 0.1) is 29.0 Å². The van der Waals surface area contributed by atoms with E-state index in [0.29, 0.717) is 29.1 Å². The van der Waals surface area contributed by atoms with Crippen LogP contribution >= 0.6 is 23.4 Å². The Labute approximate surface area is 188 Å². The number of fused-ring (bicyclic) bond motifs is 1. The zero-order valence-corrected chi connectivity index (χ0v) is 18.5. The topological polar surface area (TPSA) is 48.8 Å². The van der Waals surface area contributed by atoms with Crippen molar-refractivity contribution in [3.8, 4) is 5.69 Å². The largest absolute Gasteiger partial charge is 0.329 e. The number of hydrogen-bond acceptors (Lipinski definition) is 3. The van der Waals surface area contributed by atoms with E-state index in [1.165, 1.54) is 11.8 Å². The molecule has 0 amide bonds. The summed E-state index contributed by atoms with van der Waals surface area (Å²) < 4.78 is 33.9. The Balaban J connectivity index is 1.78. The minimum absolute atomic E-state index is 0.0567. The second-order valence-electron chi connectivity index (χ2n) is 7.82. The molecule has 4 aromatic rings. The monoisotopic (exact) mass is 458 g/mol. The molecule has 0 aliphatic heterocycles. The second-order valence-corrected chi connectivity index (χ2v) is 9.28. The summed E-state index contributed by atoms with van der Waals surface area (Å²) in [5.74, 6) is -0.455. The fourth-order valence-corrected chi connectivity index (χ4v) is 5.34. The van der Waals surface area contributed by atoms with E-state index in [1.54, 1.807) is 36.0 Å². The van der Waals surface area contributed by atoms with Crippen LogP contribution in [0.15, 0.2) is 52.5 Å². The Hall–Kier alpha value is -2.35. The number of rotatable bonds is 6. The molecule has 8 heteroatoms. The SMILES string of the molecule is Cc1cccc(Sc2c(C3CC3)n(-c3cnn(CCN)c3)c3c(F)c(Cl)ccc23)c1F. The lowest BCUT2D eigenvalue weighted by molar-refractivity contribution is 0.592. The number of aromatic nitrogens is 3. The Morgan fingerprint density at radius 3 is 2.74 bits per heavy atom. The lowest BCUT2D eigenvalue weighted by Crippen LogP contribution is -2.09. The van der Waals surface area contributed by atoms with Crippen LogP contribution in [0.4, 0.5) is 8.78 Å². The van der Waals surface area contributed by atoms with Gasteiger partial charge < -0.3 is 10.3 Å². The van der Waals surface area contributed by atoms with Gasteiger partial charge in [0.2, 0.25) is 0 Å². The van der Waals surface area contributed by atoms with E-state index >= 15 is 4.39 Å². The molecule has 0 unspecified atom stereocenters. The van der Waals surface area contributed by atoms with Crippen LogP contribution in [0.1, 0.15) is 30.0 Å². The van der Waals surface area contributed by atoms with Crippen molar-refractivity contribution in [3.63, 3.8) is 0 Å². The molecule has 0 bridgehead atoms. The number of benzene rings is 2. The molecule has 2 aromatic heterocycles. The first-order valence-corrected chi connectivity index (χ1v) is 11.4. The molecule has 4 nitrogen and oxygen atoms in total. The smallest absolute Gasteiger partial charge is 0.166 e. The highest BCUT2D eigenvalue weighted by Gasteiger charge is 2.34. The predicted octanol–water partition coefficient (Wildman–Crippen LogP) is 6.05. The summed E-state index contributed by atoms with van der Waals surface area (Å²) >= 11 is 7.52. The lowest BCUT2D eigenvalue weighted by atomic mass is 10.2. The molecule has 0 radical (unpaired) electrons. The maximum absolute atomic E-state index is 15.4. The van der Waals surface area contributed by atoms with Crippen molar-refractivity contribution in [2.75, 3.05) is 6.54 Å². The Bertz CT molecular complexity index is 1290. The first-order chi connectivity index (χ1) is 15.0. The molecule has 1 aliphatic rings. The van der Waals surface area contributed by atoms with E-state index in [9.17, 15) is 4.39 Å².